The largest absolute Gasteiger partial charge is 0.487 e. The molecule has 1 unspecified atom stereocenters. The summed E-state index contributed by atoms with van der Waals surface area (Å²) in [5, 5.41) is 0. The Bertz CT molecular complexity index is 367. The van der Waals surface area contributed by atoms with Crippen molar-refractivity contribution >= 4 is 15.9 Å². The zero-order valence-corrected chi connectivity index (χ0v) is 10.5. The molecule has 0 fully saturated rings. The van der Waals surface area contributed by atoms with Crippen molar-refractivity contribution in [3.05, 3.63) is 28.2 Å². The number of ether oxygens (including phenoxy) is 1. The van der Waals surface area contributed by atoms with Crippen LogP contribution in [-0.2, 0) is 6.42 Å². The highest BCUT2D eigenvalue weighted by Gasteiger charge is 2.33. The van der Waals surface area contributed by atoms with Gasteiger partial charge in [0.05, 0.1) is 0 Å². The van der Waals surface area contributed by atoms with Gasteiger partial charge in [-0.2, -0.15) is 0 Å². The second-order valence-electron chi connectivity index (χ2n) is 4.37. The summed E-state index contributed by atoms with van der Waals surface area (Å²) in [4.78, 5) is 0. The Kier molecular flexibility index (Phi) is 3.03. The number of benzene rings is 1. The maximum absolute atomic E-state index is 5.99. The second-order valence-corrected chi connectivity index (χ2v) is 5.29. The van der Waals surface area contributed by atoms with Crippen molar-refractivity contribution in [1.82, 2.24) is 0 Å². The van der Waals surface area contributed by atoms with Crippen LogP contribution in [0.5, 0.6) is 5.75 Å². The molecule has 0 radical (unpaired) electrons. The molecule has 0 spiro atoms. The molecule has 1 aliphatic heterocycles. The van der Waals surface area contributed by atoms with Crippen molar-refractivity contribution in [2.24, 2.45) is 5.73 Å². The minimum Gasteiger partial charge on any atom is -0.487 e. The lowest BCUT2D eigenvalue weighted by atomic mass is 9.94. The van der Waals surface area contributed by atoms with Gasteiger partial charge in [-0.3, -0.25) is 0 Å². The molecule has 2 rings (SSSR count). The van der Waals surface area contributed by atoms with Crippen molar-refractivity contribution in [1.29, 1.82) is 0 Å². The van der Waals surface area contributed by atoms with Gasteiger partial charge in [0.15, 0.2) is 0 Å². The van der Waals surface area contributed by atoms with E-state index in [1.807, 2.05) is 6.07 Å². The number of nitrogens with two attached hydrogens (primary N) is 1. The normalized spacial score (nSPS) is 23.7. The zero-order valence-electron chi connectivity index (χ0n) is 8.92. The molecule has 3 heteroatoms. The van der Waals surface area contributed by atoms with E-state index in [0.717, 1.165) is 36.0 Å². The molecular weight excluding hydrogens is 254 g/mol. The summed E-state index contributed by atoms with van der Waals surface area (Å²) in [6, 6.07) is 6.24. The smallest absolute Gasteiger partial charge is 0.124 e. The van der Waals surface area contributed by atoms with E-state index in [9.17, 15) is 0 Å². The monoisotopic (exact) mass is 269 g/mol. The molecule has 1 aromatic rings. The number of fused-ring (bicyclic) bond motifs is 1. The van der Waals surface area contributed by atoms with Crippen LogP contribution in [0.1, 0.15) is 25.3 Å². The minimum atomic E-state index is -0.0531. The van der Waals surface area contributed by atoms with E-state index in [1.54, 1.807) is 0 Å². The van der Waals surface area contributed by atoms with Gasteiger partial charge in [-0.25, -0.2) is 0 Å². The van der Waals surface area contributed by atoms with Crippen LogP contribution >= 0.6 is 15.9 Å². The fourth-order valence-electron chi connectivity index (χ4n) is 2.09. The molecular formula is C12H16BrNO. The first-order chi connectivity index (χ1) is 7.13. The molecule has 0 saturated carbocycles. The van der Waals surface area contributed by atoms with E-state index in [2.05, 4.69) is 35.0 Å². The molecule has 1 aliphatic rings. The third-order valence-corrected chi connectivity index (χ3v) is 3.35. The van der Waals surface area contributed by atoms with Crippen LogP contribution in [-0.4, -0.2) is 12.1 Å². The van der Waals surface area contributed by atoms with Crippen molar-refractivity contribution in [2.75, 3.05) is 6.54 Å². The van der Waals surface area contributed by atoms with E-state index >= 15 is 0 Å². The quantitative estimate of drug-likeness (QED) is 0.916. The SMILES string of the molecule is CC1(CCCN)Cc2ccc(Br)cc2O1. The summed E-state index contributed by atoms with van der Waals surface area (Å²) in [6.45, 7) is 2.90. The lowest BCUT2D eigenvalue weighted by molar-refractivity contribution is 0.104. The predicted octanol–water partition coefficient (Wildman–Crippen LogP) is 2.88. The van der Waals surface area contributed by atoms with Gasteiger partial charge >= 0.3 is 0 Å². The van der Waals surface area contributed by atoms with Crippen LogP contribution in [0, 0.1) is 0 Å². The van der Waals surface area contributed by atoms with Gasteiger partial charge in [-0.1, -0.05) is 22.0 Å². The summed E-state index contributed by atoms with van der Waals surface area (Å²) in [5.41, 5.74) is 6.78. The Morgan fingerprint density at radius 2 is 2.33 bits per heavy atom. The Balaban J connectivity index is 2.14. The molecule has 0 aromatic heterocycles. The molecule has 1 atom stereocenters. The molecule has 0 amide bonds. The highest BCUT2D eigenvalue weighted by molar-refractivity contribution is 9.10. The lowest BCUT2D eigenvalue weighted by Crippen LogP contribution is -2.30. The van der Waals surface area contributed by atoms with Gasteiger partial charge in [-0.05, 0) is 44.0 Å². The Morgan fingerprint density at radius 1 is 1.53 bits per heavy atom. The molecule has 2 nitrogen and oxygen atoms in total. The molecule has 0 bridgehead atoms. The van der Waals surface area contributed by atoms with Crippen molar-refractivity contribution < 1.29 is 4.74 Å². The van der Waals surface area contributed by atoms with E-state index < -0.39 is 0 Å². The van der Waals surface area contributed by atoms with Gasteiger partial charge in [0, 0.05) is 10.9 Å². The third kappa shape index (κ3) is 2.34. The molecule has 0 saturated heterocycles. The van der Waals surface area contributed by atoms with E-state index in [1.165, 1.54) is 5.56 Å². The van der Waals surface area contributed by atoms with Crippen LogP contribution in [0.25, 0.3) is 0 Å². The maximum atomic E-state index is 5.99. The van der Waals surface area contributed by atoms with Crippen LogP contribution in [0.4, 0.5) is 0 Å². The fourth-order valence-corrected chi connectivity index (χ4v) is 2.43. The van der Waals surface area contributed by atoms with Crippen LogP contribution in [0.3, 0.4) is 0 Å². The average Bonchev–Trinajstić information content (AvgIpc) is 2.51. The highest BCUT2D eigenvalue weighted by atomic mass is 79.9. The highest BCUT2D eigenvalue weighted by Crippen LogP contribution is 2.38. The Hall–Kier alpha value is -0.540. The zero-order chi connectivity index (χ0) is 10.9. The van der Waals surface area contributed by atoms with Crippen molar-refractivity contribution in [3.63, 3.8) is 0 Å². The van der Waals surface area contributed by atoms with Gasteiger partial charge in [0.2, 0.25) is 0 Å². The van der Waals surface area contributed by atoms with Crippen LogP contribution in [0.15, 0.2) is 22.7 Å². The van der Waals surface area contributed by atoms with Gasteiger partial charge in [-0.15, -0.1) is 0 Å². The Morgan fingerprint density at radius 3 is 3.07 bits per heavy atom. The van der Waals surface area contributed by atoms with Gasteiger partial charge in [0.25, 0.3) is 0 Å². The average molecular weight is 270 g/mol. The summed E-state index contributed by atoms with van der Waals surface area (Å²) in [6.07, 6.45) is 3.04. The molecule has 1 heterocycles. The first-order valence-electron chi connectivity index (χ1n) is 5.30. The first kappa shape index (κ1) is 11.0. The minimum absolute atomic E-state index is 0.0531. The molecule has 0 aliphatic carbocycles. The van der Waals surface area contributed by atoms with E-state index in [-0.39, 0.29) is 5.60 Å². The summed E-state index contributed by atoms with van der Waals surface area (Å²) in [5.74, 6) is 1.02. The summed E-state index contributed by atoms with van der Waals surface area (Å²) >= 11 is 3.46. The topological polar surface area (TPSA) is 35.2 Å². The van der Waals surface area contributed by atoms with E-state index in [4.69, 9.17) is 10.5 Å². The fraction of sp³-hybridized carbons (Fsp3) is 0.500. The number of halogens is 1. The number of hydrogen-bond acceptors (Lipinski definition) is 2. The molecule has 2 N–H and O–H groups in total. The maximum Gasteiger partial charge on any atom is 0.124 e. The molecule has 82 valence electrons. The molecule has 1 aromatic carbocycles. The van der Waals surface area contributed by atoms with Crippen LogP contribution < -0.4 is 10.5 Å². The second kappa shape index (κ2) is 4.14. The first-order valence-corrected chi connectivity index (χ1v) is 6.10. The van der Waals surface area contributed by atoms with Crippen LogP contribution in [0.2, 0.25) is 0 Å². The van der Waals surface area contributed by atoms with E-state index in [0.29, 0.717) is 0 Å². The predicted molar refractivity (Wildman–Crippen MR) is 65.2 cm³/mol. The van der Waals surface area contributed by atoms with Crippen molar-refractivity contribution in [2.45, 2.75) is 31.8 Å². The Labute approximate surface area is 98.9 Å². The lowest BCUT2D eigenvalue weighted by Gasteiger charge is -2.23. The standard InChI is InChI=1S/C12H16BrNO/c1-12(5-2-6-14)8-9-3-4-10(13)7-11(9)15-12/h3-4,7H,2,5-6,8,14H2,1H3. The third-order valence-electron chi connectivity index (χ3n) is 2.86. The summed E-state index contributed by atoms with van der Waals surface area (Å²) in [7, 11) is 0. The molecule has 15 heavy (non-hydrogen) atoms. The van der Waals surface area contributed by atoms with Gasteiger partial charge in [0.1, 0.15) is 11.4 Å². The number of hydrogen-bond donors (Lipinski definition) is 1. The summed E-state index contributed by atoms with van der Waals surface area (Å²) < 4.78 is 7.07. The number of rotatable bonds is 3. The van der Waals surface area contributed by atoms with Crippen molar-refractivity contribution in [3.8, 4) is 5.75 Å². The van der Waals surface area contributed by atoms with Gasteiger partial charge < -0.3 is 10.5 Å².